The SMILES string of the molecule is COc1ccc2c(NC3CCS(=O)(=O)C3)nc(C#N)c(-c3cccc(Cl)c3)c2c1. The number of aromatic nitrogens is 1. The zero-order valence-corrected chi connectivity index (χ0v) is 17.2. The molecule has 2 aromatic carbocycles. The number of anilines is 1. The maximum Gasteiger partial charge on any atom is 0.152 e. The minimum atomic E-state index is -3.04. The molecule has 0 aliphatic carbocycles. The van der Waals surface area contributed by atoms with Gasteiger partial charge >= 0.3 is 0 Å². The van der Waals surface area contributed by atoms with Crippen molar-refractivity contribution in [2.24, 2.45) is 0 Å². The first-order valence-corrected chi connectivity index (χ1v) is 11.2. The minimum Gasteiger partial charge on any atom is -0.497 e. The Morgan fingerprint density at radius 1 is 1.24 bits per heavy atom. The highest BCUT2D eigenvalue weighted by atomic mass is 35.5. The Balaban J connectivity index is 1.93. The van der Waals surface area contributed by atoms with Gasteiger partial charge in [0.1, 0.15) is 17.6 Å². The fraction of sp³-hybridized carbons (Fsp3) is 0.238. The van der Waals surface area contributed by atoms with Crippen molar-refractivity contribution < 1.29 is 13.2 Å². The number of ether oxygens (including phenoxy) is 1. The van der Waals surface area contributed by atoms with E-state index in [1.807, 2.05) is 30.3 Å². The van der Waals surface area contributed by atoms with Crippen LogP contribution < -0.4 is 10.1 Å². The van der Waals surface area contributed by atoms with Crippen molar-refractivity contribution in [3.8, 4) is 22.9 Å². The van der Waals surface area contributed by atoms with E-state index >= 15 is 0 Å². The quantitative estimate of drug-likeness (QED) is 0.675. The molecule has 1 aliphatic rings. The monoisotopic (exact) mass is 427 g/mol. The van der Waals surface area contributed by atoms with Crippen molar-refractivity contribution in [2.45, 2.75) is 12.5 Å². The van der Waals surface area contributed by atoms with Crippen LogP contribution in [0.25, 0.3) is 21.9 Å². The second kappa shape index (κ2) is 7.54. The van der Waals surface area contributed by atoms with E-state index in [1.54, 1.807) is 19.2 Å². The third-order valence-electron chi connectivity index (χ3n) is 5.00. The Bertz CT molecular complexity index is 1250. The lowest BCUT2D eigenvalue weighted by atomic mass is 9.96. The number of benzene rings is 2. The highest BCUT2D eigenvalue weighted by Crippen LogP contribution is 2.37. The molecule has 0 bridgehead atoms. The van der Waals surface area contributed by atoms with Gasteiger partial charge in [0.05, 0.1) is 18.6 Å². The van der Waals surface area contributed by atoms with Gasteiger partial charge in [-0.2, -0.15) is 5.26 Å². The van der Waals surface area contributed by atoms with E-state index in [0.717, 1.165) is 16.3 Å². The van der Waals surface area contributed by atoms with Gasteiger partial charge in [0, 0.05) is 22.0 Å². The molecular formula is C21H18ClN3O3S. The summed E-state index contributed by atoms with van der Waals surface area (Å²) < 4.78 is 29.0. The summed E-state index contributed by atoms with van der Waals surface area (Å²) in [5.41, 5.74) is 1.67. The first-order chi connectivity index (χ1) is 13.9. The number of hydrogen-bond acceptors (Lipinski definition) is 6. The molecule has 1 atom stereocenters. The first-order valence-electron chi connectivity index (χ1n) is 9.05. The van der Waals surface area contributed by atoms with E-state index in [9.17, 15) is 13.7 Å². The summed E-state index contributed by atoms with van der Waals surface area (Å²) in [6, 6.07) is 14.7. The number of methoxy groups -OCH3 is 1. The summed E-state index contributed by atoms with van der Waals surface area (Å²) in [6.07, 6.45) is 0.513. The van der Waals surface area contributed by atoms with Gasteiger partial charge in [0.25, 0.3) is 0 Å². The second-order valence-electron chi connectivity index (χ2n) is 6.96. The van der Waals surface area contributed by atoms with E-state index in [0.29, 0.717) is 28.6 Å². The lowest BCUT2D eigenvalue weighted by molar-refractivity contribution is 0.415. The predicted octanol–water partition coefficient (Wildman–Crippen LogP) is 4.03. The summed E-state index contributed by atoms with van der Waals surface area (Å²) in [6.45, 7) is 0. The number of nitrogens with zero attached hydrogens (tertiary/aromatic N) is 2. The molecule has 2 heterocycles. The summed E-state index contributed by atoms with van der Waals surface area (Å²) in [5, 5.41) is 15.2. The van der Waals surface area contributed by atoms with Crippen LogP contribution in [0, 0.1) is 11.3 Å². The summed E-state index contributed by atoms with van der Waals surface area (Å²) >= 11 is 6.17. The molecule has 0 amide bonds. The van der Waals surface area contributed by atoms with Crippen molar-refractivity contribution >= 4 is 38.0 Å². The van der Waals surface area contributed by atoms with Crippen molar-refractivity contribution in [2.75, 3.05) is 23.9 Å². The molecule has 4 rings (SSSR count). The molecule has 1 aromatic heterocycles. The van der Waals surface area contributed by atoms with Gasteiger partial charge in [-0.1, -0.05) is 23.7 Å². The average molecular weight is 428 g/mol. The van der Waals surface area contributed by atoms with Gasteiger partial charge in [-0.05, 0) is 47.7 Å². The highest BCUT2D eigenvalue weighted by Gasteiger charge is 2.29. The van der Waals surface area contributed by atoms with E-state index < -0.39 is 9.84 Å². The number of fused-ring (bicyclic) bond motifs is 1. The molecule has 1 unspecified atom stereocenters. The number of nitriles is 1. The van der Waals surface area contributed by atoms with Crippen LogP contribution in [0.3, 0.4) is 0 Å². The standard InChI is InChI=1S/C21H18ClN3O3S/c1-28-16-5-6-17-18(10-16)20(13-3-2-4-14(22)9-13)19(11-23)25-21(17)24-15-7-8-29(26,27)12-15/h2-6,9-10,15H,7-8,12H2,1H3,(H,24,25). The Kier molecular flexibility index (Phi) is 5.07. The summed E-state index contributed by atoms with van der Waals surface area (Å²) in [5.74, 6) is 1.35. The fourth-order valence-electron chi connectivity index (χ4n) is 3.65. The lowest BCUT2D eigenvalue weighted by Crippen LogP contribution is -2.21. The molecule has 0 radical (unpaired) electrons. The van der Waals surface area contributed by atoms with Crippen LogP contribution in [-0.2, 0) is 9.84 Å². The third-order valence-corrected chi connectivity index (χ3v) is 7.01. The number of halogens is 1. The fourth-order valence-corrected chi connectivity index (χ4v) is 5.51. The number of pyridine rings is 1. The highest BCUT2D eigenvalue weighted by molar-refractivity contribution is 7.91. The van der Waals surface area contributed by atoms with Gasteiger partial charge in [-0.15, -0.1) is 0 Å². The summed E-state index contributed by atoms with van der Waals surface area (Å²) in [4.78, 5) is 4.54. The maximum atomic E-state index is 11.8. The van der Waals surface area contributed by atoms with E-state index in [1.165, 1.54) is 0 Å². The molecule has 6 nitrogen and oxygen atoms in total. The van der Waals surface area contributed by atoms with Crippen LogP contribution in [0.2, 0.25) is 5.02 Å². The van der Waals surface area contributed by atoms with Crippen LogP contribution in [0.5, 0.6) is 5.75 Å². The van der Waals surface area contributed by atoms with Crippen LogP contribution in [0.4, 0.5) is 5.82 Å². The van der Waals surface area contributed by atoms with Crippen LogP contribution in [-0.4, -0.2) is 38.1 Å². The molecule has 29 heavy (non-hydrogen) atoms. The molecule has 1 N–H and O–H groups in total. The molecule has 3 aromatic rings. The van der Waals surface area contributed by atoms with Gasteiger partial charge in [-0.3, -0.25) is 0 Å². The first kappa shape index (κ1) is 19.5. The number of hydrogen-bond donors (Lipinski definition) is 1. The van der Waals surface area contributed by atoms with Crippen LogP contribution in [0.1, 0.15) is 12.1 Å². The Morgan fingerprint density at radius 2 is 2.07 bits per heavy atom. The zero-order valence-electron chi connectivity index (χ0n) is 15.6. The van der Waals surface area contributed by atoms with Gasteiger partial charge < -0.3 is 10.1 Å². The van der Waals surface area contributed by atoms with Gasteiger partial charge in [-0.25, -0.2) is 13.4 Å². The lowest BCUT2D eigenvalue weighted by Gasteiger charge is -2.17. The van der Waals surface area contributed by atoms with E-state index in [-0.39, 0.29) is 23.2 Å². The maximum absolute atomic E-state index is 11.8. The number of sulfone groups is 1. The Hall–Kier alpha value is -2.82. The number of rotatable bonds is 4. The zero-order chi connectivity index (χ0) is 20.6. The Morgan fingerprint density at radius 3 is 2.72 bits per heavy atom. The van der Waals surface area contributed by atoms with Gasteiger partial charge in [0.2, 0.25) is 0 Å². The van der Waals surface area contributed by atoms with Crippen molar-refractivity contribution in [3.63, 3.8) is 0 Å². The molecule has 0 spiro atoms. The topological polar surface area (TPSA) is 92.1 Å². The van der Waals surface area contributed by atoms with E-state index in [4.69, 9.17) is 16.3 Å². The normalized spacial score (nSPS) is 17.8. The summed E-state index contributed by atoms with van der Waals surface area (Å²) in [7, 11) is -1.46. The molecule has 1 saturated heterocycles. The molecular weight excluding hydrogens is 410 g/mol. The average Bonchev–Trinajstić information content (AvgIpc) is 3.05. The van der Waals surface area contributed by atoms with Gasteiger partial charge in [0.15, 0.2) is 15.5 Å². The molecule has 1 aliphatic heterocycles. The predicted molar refractivity (Wildman–Crippen MR) is 114 cm³/mol. The number of nitrogens with one attached hydrogen (secondary N) is 1. The molecule has 8 heteroatoms. The van der Waals surface area contributed by atoms with Crippen LogP contribution >= 0.6 is 11.6 Å². The van der Waals surface area contributed by atoms with Crippen LogP contribution in [0.15, 0.2) is 42.5 Å². The largest absolute Gasteiger partial charge is 0.497 e. The molecule has 1 fully saturated rings. The third kappa shape index (κ3) is 3.86. The van der Waals surface area contributed by atoms with Crippen molar-refractivity contribution in [3.05, 3.63) is 53.2 Å². The second-order valence-corrected chi connectivity index (χ2v) is 9.63. The minimum absolute atomic E-state index is 0.0598. The van der Waals surface area contributed by atoms with Crippen molar-refractivity contribution in [1.82, 2.24) is 4.98 Å². The van der Waals surface area contributed by atoms with E-state index in [2.05, 4.69) is 16.4 Å². The Labute approximate surface area is 174 Å². The van der Waals surface area contributed by atoms with Crippen molar-refractivity contribution in [1.29, 1.82) is 5.26 Å². The smallest absolute Gasteiger partial charge is 0.152 e. The molecule has 0 saturated carbocycles. The molecule has 148 valence electrons.